The van der Waals surface area contributed by atoms with Gasteiger partial charge >= 0.3 is 0 Å². The Morgan fingerprint density at radius 2 is 1.67 bits per heavy atom. The largest absolute Gasteiger partial charge is 0.502 e. The van der Waals surface area contributed by atoms with Crippen molar-refractivity contribution in [1.82, 2.24) is 0 Å². The molecule has 0 aromatic heterocycles. The lowest BCUT2D eigenvalue weighted by Gasteiger charge is -2.25. The van der Waals surface area contributed by atoms with Gasteiger partial charge in [0.2, 0.25) is 0 Å². The van der Waals surface area contributed by atoms with Gasteiger partial charge in [0.1, 0.15) is 0 Å². The highest BCUT2D eigenvalue weighted by atomic mass is 28.3. The van der Waals surface area contributed by atoms with E-state index in [1.807, 2.05) is 0 Å². The molecule has 0 fully saturated rings. The molecule has 0 aliphatic heterocycles. The molecule has 2 heteroatoms. The first-order valence-electron chi connectivity index (χ1n) is 4.45. The predicted octanol–water partition coefficient (Wildman–Crippen LogP) is 3.44. The van der Waals surface area contributed by atoms with Gasteiger partial charge in [0.25, 0.3) is 0 Å². The first-order valence-corrected chi connectivity index (χ1v) is 8.16. The van der Waals surface area contributed by atoms with Crippen LogP contribution in [0.25, 0.3) is 0 Å². The molecule has 0 aliphatic rings. The SMILES string of the molecule is C=C(OC[Si](C)(C)C)C(C)(C)C. The van der Waals surface area contributed by atoms with Crippen molar-refractivity contribution < 1.29 is 4.74 Å². The van der Waals surface area contributed by atoms with E-state index in [9.17, 15) is 0 Å². The van der Waals surface area contributed by atoms with E-state index in [0.717, 1.165) is 12.0 Å². The number of hydrogen-bond donors (Lipinski definition) is 0. The highest BCUT2D eigenvalue weighted by Gasteiger charge is 2.20. The molecule has 0 bridgehead atoms. The van der Waals surface area contributed by atoms with E-state index < -0.39 is 8.07 Å². The second kappa shape index (κ2) is 3.65. The molecule has 0 spiro atoms. The van der Waals surface area contributed by atoms with E-state index >= 15 is 0 Å². The Balaban J connectivity index is 3.90. The highest BCUT2D eigenvalue weighted by Crippen LogP contribution is 2.24. The van der Waals surface area contributed by atoms with Crippen LogP contribution in [-0.2, 0) is 4.74 Å². The fourth-order valence-corrected chi connectivity index (χ4v) is 1.13. The predicted molar refractivity (Wildman–Crippen MR) is 57.9 cm³/mol. The molecule has 0 aliphatic carbocycles. The van der Waals surface area contributed by atoms with Crippen molar-refractivity contribution in [3.63, 3.8) is 0 Å². The minimum atomic E-state index is -1.08. The van der Waals surface area contributed by atoms with E-state index in [1.165, 1.54) is 0 Å². The molecule has 0 N–H and O–H groups in total. The molecule has 0 aromatic carbocycles. The van der Waals surface area contributed by atoms with Crippen LogP contribution in [0.2, 0.25) is 19.6 Å². The van der Waals surface area contributed by atoms with Crippen molar-refractivity contribution >= 4 is 8.07 Å². The third kappa shape index (κ3) is 5.41. The first kappa shape index (κ1) is 11.8. The molecule has 0 radical (unpaired) electrons. The molecule has 0 amide bonds. The normalized spacial score (nSPS) is 12.8. The van der Waals surface area contributed by atoms with Gasteiger partial charge in [-0.3, -0.25) is 0 Å². The van der Waals surface area contributed by atoms with Gasteiger partial charge in [0.05, 0.1) is 20.1 Å². The summed E-state index contributed by atoms with van der Waals surface area (Å²) in [5.74, 6) is 0.907. The monoisotopic (exact) mass is 186 g/mol. The summed E-state index contributed by atoms with van der Waals surface area (Å²) in [6.07, 6.45) is 0.878. The van der Waals surface area contributed by atoms with Crippen LogP contribution in [0.1, 0.15) is 20.8 Å². The molecule has 0 saturated heterocycles. The summed E-state index contributed by atoms with van der Waals surface area (Å²) in [5, 5.41) is 0. The molecule has 0 saturated carbocycles. The smallest absolute Gasteiger partial charge is 0.0936 e. The Bertz CT molecular complexity index is 160. The van der Waals surface area contributed by atoms with Crippen LogP contribution in [0.15, 0.2) is 12.3 Å². The van der Waals surface area contributed by atoms with Crippen LogP contribution in [0, 0.1) is 5.41 Å². The lowest BCUT2D eigenvalue weighted by atomic mass is 9.95. The van der Waals surface area contributed by atoms with Gasteiger partial charge in [-0.05, 0) is 0 Å². The fourth-order valence-electron chi connectivity index (χ4n) is 0.520. The molecule has 72 valence electrons. The molecular formula is C10H22OSi. The summed E-state index contributed by atoms with van der Waals surface area (Å²) >= 11 is 0. The zero-order valence-electron chi connectivity index (χ0n) is 9.32. The van der Waals surface area contributed by atoms with Crippen LogP contribution < -0.4 is 0 Å². The molecule has 0 heterocycles. The number of hydrogen-bond acceptors (Lipinski definition) is 1. The lowest BCUT2D eigenvalue weighted by molar-refractivity contribution is 0.187. The van der Waals surface area contributed by atoms with E-state index in [0.29, 0.717) is 0 Å². The Kier molecular flexibility index (Phi) is 3.57. The Morgan fingerprint density at radius 1 is 1.25 bits per heavy atom. The zero-order chi connectivity index (χ0) is 9.99. The number of rotatable bonds is 3. The van der Waals surface area contributed by atoms with Crippen molar-refractivity contribution in [2.24, 2.45) is 5.41 Å². The third-order valence-corrected chi connectivity index (χ3v) is 2.53. The average Bonchev–Trinajstić information content (AvgIpc) is 1.78. The van der Waals surface area contributed by atoms with Crippen LogP contribution in [0.5, 0.6) is 0 Å². The number of allylic oxidation sites excluding steroid dienone is 1. The highest BCUT2D eigenvalue weighted by molar-refractivity contribution is 6.76. The standard InChI is InChI=1S/C10H22OSi/c1-9(10(2,3)4)11-8-12(5,6)7/h1,8H2,2-7H3. The second-order valence-corrected chi connectivity index (χ2v) is 10.9. The maximum atomic E-state index is 5.64. The zero-order valence-corrected chi connectivity index (χ0v) is 10.3. The Hall–Kier alpha value is -0.243. The molecule has 0 atom stereocenters. The van der Waals surface area contributed by atoms with Crippen LogP contribution in [0.4, 0.5) is 0 Å². The van der Waals surface area contributed by atoms with Gasteiger partial charge in [-0.15, -0.1) is 0 Å². The van der Waals surface area contributed by atoms with Crippen molar-refractivity contribution in [2.75, 3.05) is 6.23 Å². The topological polar surface area (TPSA) is 9.23 Å². The third-order valence-electron chi connectivity index (χ3n) is 1.52. The molecule has 12 heavy (non-hydrogen) atoms. The fraction of sp³-hybridized carbons (Fsp3) is 0.800. The van der Waals surface area contributed by atoms with Crippen LogP contribution >= 0.6 is 0 Å². The van der Waals surface area contributed by atoms with Gasteiger partial charge in [0, 0.05) is 5.41 Å². The van der Waals surface area contributed by atoms with Crippen molar-refractivity contribution in [2.45, 2.75) is 40.4 Å². The summed E-state index contributed by atoms with van der Waals surface area (Å²) in [4.78, 5) is 0. The first-order chi connectivity index (χ1) is 5.13. The summed E-state index contributed by atoms with van der Waals surface area (Å²) in [6.45, 7) is 17.2. The van der Waals surface area contributed by atoms with E-state index in [4.69, 9.17) is 4.74 Å². The van der Waals surface area contributed by atoms with Gasteiger partial charge in [-0.2, -0.15) is 0 Å². The van der Waals surface area contributed by atoms with Gasteiger partial charge in [0.15, 0.2) is 0 Å². The van der Waals surface area contributed by atoms with Crippen molar-refractivity contribution in [3.8, 4) is 0 Å². The van der Waals surface area contributed by atoms with Crippen LogP contribution in [-0.4, -0.2) is 14.3 Å². The van der Waals surface area contributed by atoms with E-state index in [-0.39, 0.29) is 5.41 Å². The summed E-state index contributed by atoms with van der Waals surface area (Å²) < 4.78 is 5.64. The Morgan fingerprint density at radius 3 is 1.92 bits per heavy atom. The second-order valence-electron chi connectivity index (χ2n) is 5.52. The molecule has 0 rings (SSSR count). The average molecular weight is 186 g/mol. The summed E-state index contributed by atoms with van der Waals surface area (Å²) in [5.41, 5.74) is 0.0830. The lowest BCUT2D eigenvalue weighted by Crippen LogP contribution is -2.29. The minimum Gasteiger partial charge on any atom is -0.502 e. The van der Waals surface area contributed by atoms with Gasteiger partial charge in [-0.1, -0.05) is 47.0 Å². The van der Waals surface area contributed by atoms with Gasteiger partial charge < -0.3 is 4.74 Å². The van der Waals surface area contributed by atoms with E-state index in [2.05, 4.69) is 47.0 Å². The van der Waals surface area contributed by atoms with Crippen LogP contribution in [0.3, 0.4) is 0 Å². The summed E-state index contributed by atoms with van der Waals surface area (Å²) in [7, 11) is -1.08. The van der Waals surface area contributed by atoms with Crippen molar-refractivity contribution in [1.29, 1.82) is 0 Å². The molecule has 1 nitrogen and oxygen atoms in total. The minimum absolute atomic E-state index is 0.0830. The van der Waals surface area contributed by atoms with E-state index in [1.54, 1.807) is 0 Å². The molecule has 0 unspecified atom stereocenters. The summed E-state index contributed by atoms with van der Waals surface area (Å²) in [6, 6.07) is 0. The number of ether oxygens (including phenoxy) is 1. The molecular weight excluding hydrogens is 164 g/mol. The van der Waals surface area contributed by atoms with Crippen molar-refractivity contribution in [3.05, 3.63) is 12.3 Å². The quantitative estimate of drug-likeness (QED) is 0.484. The Labute approximate surface area is 77.8 Å². The maximum Gasteiger partial charge on any atom is 0.0936 e. The maximum absolute atomic E-state index is 5.64. The molecule has 0 aromatic rings. The van der Waals surface area contributed by atoms with Gasteiger partial charge in [-0.25, -0.2) is 0 Å².